The Balaban J connectivity index is 2.18. The highest BCUT2D eigenvalue weighted by molar-refractivity contribution is 5.98. The number of amidine groups is 1. The van der Waals surface area contributed by atoms with Crippen LogP contribution in [0.4, 0.5) is 0 Å². The quantitative estimate of drug-likeness (QED) is 0.386. The van der Waals surface area contributed by atoms with Gasteiger partial charge >= 0.3 is 0 Å². The van der Waals surface area contributed by atoms with E-state index in [9.17, 15) is 0 Å². The normalized spacial score (nSPS) is 11.7. The minimum atomic E-state index is 0.0975. The van der Waals surface area contributed by atoms with Crippen molar-refractivity contribution in [3.63, 3.8) is 0 Å². The van der Waals surface area contributed by atoms with Gasteiger partial charge in [0.25, 0.3) is 0 Å². The Hall–Kier alpha value is -2.49. The zero-order valence-electron chi connectivity index (χ0n) is 12.5. The van der Waals surface area contributed by atoms with E-state index in [2.05, 4.69) is 31.1 Å². The molecule has 0 saturated heterocycles. The molecule has 4 nitrogen and oxygen atoms in total. The molecule has 21 heavy (non-hydrogen) atoms. The molecule has 3 N–H and O–H groups in total. The van der Waals surface area contributed by atoms with Gasteiger partial charge in [0.2, 0.25) is 0 Å². The molecule has 2 aromatic rings. The van der Waals surface area contributed by atoms with Crippen LogP contribution in [0.2, 0.25) is 0 Å². The second-order valence-electron chi connectivity index (χ2n) is 5.29. The van der Waals surface area contributed by atoms with E-state index in [1.165, 1.54) is 5.56 Å². The van der Waals surface area contributed by atoms with E-state index in [0.29, 0.717) is 11.5 Å². The third kappa shape index (κ3) is 3.54. The molecular weight excluding hydrogens is 264 g/mol. The Kier molecular flexibility index (Phi) is 4.48. The summed E-state index contributed by atoms with van der Waals surface area (Å²) in [6.45, 7) is 6.21. The highest BCUT2D eigenvalue weighted by atomic mass is 16.5. The number of hydrogen-bond acceptors (Lipinski definition) is 3. The fraction of sp³-hybridized carbons (Fsp3) is 0.235. The average Bonchev–Trinajstić information content (AvgIpc) is 2.47. The van der Waals surface area contributed by atoms with E-state index in [-0.39, 0.29) is 5.84 Å². The van der Waals surface area contributed by atoms with E-state index in [1.807, 2.05) is 25.1 Å². The summed E-state index contributed by atoms with van der Waals surface area (Å²) in [5, 5.41) is 11.7. The van der Waals surface area contributed by atoms with Crippen molar-refractivity contribution >= 4 is 5.84 Å². The maximum absolute atomic E-state index is 8.72. The first-order valence-electron chi connectivity index (χ1n) is 6.87. The topological polar surface area (TPSA) is 67.8 Å². The van der Waals surface area contributed by atoms with Gasteiger partial charge in [0, 0.05) is 5.56 Å². The zero-order valence-corrected chi connectivity index (χ0v) is 12.5. The minimum Gasteiger partial charge on any atom is -0.457 e. The first kappa shape index (κ1) is 14.9. The summed E-state index contributed by atoms with van der Waals surface area (Å²) in [4.78, 5) is 0. The maximum atomic E-state index is 8.72. The third-order valence-electron chi connectivity index (χ3n) is 3.36. The summed E-state index contributed by atoms with van der Waals surface area (Å²) in [6, 6.07) is 13.5. The lowest BCUT2D eigenvalue weighted by molar-refractivity contribution is 0.318. The summed E-state index contributed by atoms with van der Waals surface area (Å²) in [5.41, 5.74) is 8.47. The SMILES string of the molecule is Cc1cc(Oc2ccc(C(C)C)cc2)ccc1/C(N)=N/O. The summed E-state index contributed by atoms with van der Waals surface area (Å²) < 4.78 is 5.82. The molecule has 0 atom stereocenters. The van der Waals surface area contributed by atoms with Gasteiger partial charge in [-0.15, -0.1) is 0 Å². The van der Waals surface area contributed by atoms with Gasteiger partial charge in [0.05, 0.1) is 0 Å². The molecule has 0 saturated carbocycles. The Morgan fingerprint density at radius 2 is 1.71 bits per heavy atom. The maximum Gasteiger partial charge on any atom is 0.170 e. The van der Waals surface area contributed by atoms with Crippen LogP contribution >= 0.6 is 0 Å². The second-order valence-corrected chi connectivity index (χ2v) is 5.29. The molecule has 4 heteroatoms. The van der Waals surface area contributed by atoms with Gasteiger partial charge in [-0.3, -0.25) is 0 Å². The van der Waals surface area contributed by atoms with Crippen LogP contribution in [0.5, 0.6) is 11.5 Å². The van der Waals surface area contributed by atoms with Gasteiger partial charge in [0.1, 0.15) is 11.5 Å². The van der Waals surface area contributed by atoms with Crippen LogP contribution in [0.3, 0.4) is 0 Å². The molecule has 110 valence electrons. The molecule has 0 aliphatic carbocycles. The number of oxime groups is 1. The van der Waals surface area contributed by atoms with E-state index >= 15 is 0 Å². The molecular formula is C17H20N2O2. The Bertz CT molecular complexity index is 646. The van der Waals surface area contributed by atoms with Crippen LogP contribution in [0, 0.1) is 6.92 Å². The third-order valence-corrected chi connectivity index (χ3v) is 3.36. The van der Waals surface area contributed by atoms with Crippen LogP contribution in [0.15, 0.2) is 47.6 Å². The molecule has 2 rings (SSSR count). The lowest BCUT2D eigenvalue weighted by Gasteiger charge is -2.10. The summed E-state index contributed by atoms with van der Waals surface area (Å²) in [6.07, 6.45) is 0. The first-order valence-corrected chi connectivity index (χ1v) is 6.87. The fourth-order valence-corrected chi connectivity index (χ4v) is 2.10. The zero-order chi connectivity index (χ0) is 15.4. The molecule has 0 spiro atoms. The highest BCUT2D eigenvalue weighted by Crippen LogP contribution is 2.25. The number of ether oxygens (including phenoxy) is 1. The van der Waals surface area contributed by atoms with Gasteiger partial charge < -0.3 is 15.7 Å². The molecule has 0 amide bonds. The van der Waals surface area contributed by atoms with E-state index in [0.717, 1.165) is 17.1 Å². The predicted molar refractivity (Wildman–Crippen MR) is 84.3 cm³/mol. The standard InChI is InChI=1S/C17H20N2O2/c1-11(2)13-4-6-14(7-5-13)21-15-8-9-16(12(3)10-15)17(18)19-20/h4-11,20H,1-3H3,(H2,18,19). The van der Waals surface area contributed by atoms with Crippen molar-refractivity contribution in [2.45, 2.75) is 26.7 Å². The molecule has 0 aliphatic heterocycles. The smallest absolute Gasteiger partial charge is 0.170 e. The number of nitrogens with zero attached hydrogens (tertiary/aromatic N) is 1. The van der Waals surface area contributed by atoms with E-state index in [4.69, 9.17) is 15.7 Å². The highest BCUT2D eigenvalue weighted by Gasteiger charge is 2.06. The van der Waals surface area contributed by atoms with Crippen molar-refractivity contribution in [3.8, 4) is 11.5 Å². The number of aryl methyl sites for hydroxylation is 1. The monoisotopic (exact) mass is 284 g/mol. The van der Waals surface area contributed by atoms with Crippen molar-refractivity contribution in [1.82, 2.24) is 0 Å². The number of benzene rings is 2. The van der Waals surface area contributed by atoms with Crippen LogP contribution in [-0.2, 0) is 0 Å². The first-order chi connectivity index (χ1) is 10.0. The minimum absolute atomic E-state index is 0.0975. The molecule has 0 radical (unpaired) electrons. The van der Waals surface area contributed by atoms with Crippen LogP contribution in [-0.4, -0.2) is 11.0 Å². The molecule has 2 aromatic carbocycles. The van der Waals surface area contributed by atoms with E-state index < -0.39 is 0 Å². The number of rotatable bonds is 4. The Morgan fingerprint density at radius 3 is 2.24 bits per heavy atom. The van der Waals surface area contributed by atoms with Crippen molar-refractivity contribution in [2.75, 3.05) is 0 Å². The fourth-order valence-electron chi connectivity index (χ4n) is 2.10. The largest absolute Gasteiger partial charge is 0.457 e. The van der Waals surface area contributed by atoms with Gasteiger partial charge in [0.15, 0.2) is 5.84 Å². The predicted octanol–water partition coefficient (Wildman–Crippen LogP) is 4.01. The lowest BCUT2D eigenvalue weighted by atomic mass is 10.0. The van der Waals surface area contributed by atoms with Gasteiger partial charge in [-0.1, -0.05) is 31.1 Å². The van der Waals surface area contributed by atoms with Crippen molar-refractivity contribution in [1.29, 1.82) is 0 Å². The van der Waals surface area contributed by atoms with Crippen LogP contribution in [0.25, 0.3) is 0 Å². The van der Waals surface area contributed by atoms with Crippen molar-refractivity contribution < 1.29 is 9.94 Å². The van der Waals surface area contributed by atoms with Crippen LogP contribution in [0.1, 0.15) is 36.5 Å². The molecule has 0 bridgehead atoms. The van der Waals surface area contributed by atoms with Gasteiger partial charge in [-0.2, -0.15) is 0 Å². The van der Waals surface area contributed by atoms with Crippen LogP contribution < -0.4 is 10.5 Å². The summed E-state index contributed by atoms with van der Waals surface area (Å²) >= 11 is 0. The molecule has 0 fully saturated rings. The lowest BCUT2D eigenvalue weighted by Crippen LogP contribution is -2.14. The van der Waals surface area contributed by atoms with Crippen molar-refractivity contribution in [2.24, 2.45) is 10.9 Å². The summed E-state index contributed by atoms with van der Waals surface area (Å²) in [7, 11) is 0. The molecule has 0 aliphatic rings. The van der Waals surface area contributed by atoms with Crippen molar-refractivity contribution in [3.05, 3.63) is 59.2 Å². The van der Waals surface area contributed by atoms with E-state index in [1.54, 1.807) is 12.1 Å². The number of nitrogens with two attached hydrogens (primary N) is 1. The van der Waals surface area contributed by atoms with Gasteiger partial charge in [-0.25, -0.2) is 0 Å². The Labute approximate surface area is 124 Å². The Morgan fingerprint density at radius 1 is 1.10 bits per heavy atom. The molecule has 0 heterocycles. The molecule has 0 unspecified atom stereocenters. The summed E-state index contributed by atoms with van der Waals surface area (Å²) in [5.74, 6) is 2.11. The molecule has 0 aromatic heterocycles. The average molecular weight is 284 g/mol. The van der Waals surface area contributed by atoms with Gasteiger partial charge in [-0.05, 0) is 54.3 Å². The second kappa shape index (κ2) is 6.31. The number of hydrogen-bond donors (Lipinski definition) is 2.